The summed E-state index contributed by atoms with van der Waals surface area (Å²) >= 11 is 1.31. The molecule has 0 fully saturated rings. The first-order valence-electron chi connectivity index (χ1n) is 10.4. The minimum absolute atomic E-state index is 0.0562. The van der Waals surface area contributed by atoms with Crippen LogP contribution in [0.5, 0.6) is 0 Å². The van der Waals surface area contributed by atoms with Crippen molar-refractivity contribution in [2.75, 3.05) is 11.1 Å². The van der Waals surface area contributed by atoms with Gasteiger partial charge in [-0.1, -0.05) is 69.8 Å². The Bertz CT molecular complexity index is 1090. The van der Waals surface area contributed by atoms with Crippen LogP contribution in [-0.4, -0.2) is 21.2 Å². The number of nitrogens with zero attached hydrogens (tertiary/aromatic N) is 2. The van der Waals surface area contributed by atoms with Crippen LogP contribution in [-0.2, 0) is 11.3 Å². The first-order chi connectivity index (χ1) is 14.4. The van der Waals surface area contributed by atoms with Gasteiger partial charge in [0.25, 0.3) is 5.56 Å². The van der Waals surface area contributed by atoms with Crippen molar-refractivity contribution in [3.8, 4) is 0 Å². The Morgan fingerprint density at radius 1 is 1.10 bits per heavy atom. The SMILES string of the molecule is CC[C@H](C)c1ccccc1NC(=O)CSc1nc2ccccc2c(=O)n1CC(C)C. The van der Waals surface area contributed by atoms with Gasteiger partial charge >= 0.3 is 0 Å². The molecule has 0 aliphatic heterocycles. The highest BCUT2D eigenvalue weighted by atomic mass is 32.2. The van der Waals surface area contributed by atoms with Crippen molar-refractivity contribution in [2.45, 2.75) is 51.7 Å². The Labute approximate surface area is 181 Å². The van der Waals surface area contributed by atoms with Gasteiger partial charge in [0.05, 0.1) is 16.7 Å². The molecule has 30 heavy (non-hydrogen) atoms. The first-order valence-corrected chi connectivity index (χ1v) is 11.4. The second kappa shape index (κ2) is 9.94. The Kier molecular flexibility index (Phi) is 7.32. The summed E-state index contributed by atoms with van der Waals surface area (Å²) in [5.41, 5.74) is 2.59. The minimum atomic E-state index is -0.103. The number of carbonyl (C=O) groups is 1. The van der Waals surface area contributed by atoms with E-state index in [2.05, 4.69) is 44.1 Å². The van der Waals surface area contributed by atoms with Gasteiger partial charge in [-0.15, -0.1) is 0 Å². The lowest BCUT2D eigenvalue weighted by Crippen LogP contribution is -2.26. The number of nitrogens with one attached hydrogen (secondary N) is 1. The number of hydrogen-bond acceptors (Lipinski definition) is 4. The monoisotopic (exact) mass is 423 g/mol. The number of hydrogen-bond donors (Lipinski definition) is 1. The summed E-state index contributed by atoms with van der Waals surface area (Å²) in [5, 5.41) is 4.22. The van der Waals surface area contributed by atoms with Crippen molar-refractivity contribution >= 4 is 34.3 Å². The summed E-state index contributed by atoms with van der Waals surface area (Å²) in [5.74, 6) is 0.751. The van der Waals surface area contributed by atoms with E-state index >= 15 is 0 Å². The maximum Gasteiger partial charge on any atom is 0.262 e. The van der Waals surface area contributed by atoms with Crippen LogP contribution in [0, 0.1) is 5.92 Å². The van der Waals surface area contributed by atoms with Crippen molar-refractivity contribution in [3.05, 3.63) is 64.4 Å². The Hall–Kier alpha value is -2.60. The third-order valence-corrected chi connectivity index (χ3v) is 6.06. The van der Waals surface area contributed by atoms with Crippen LogP contribution in [0.3, 0.4) is 0 Å². The van der Waals surface area contributed by atoms with Gasteiger partial charge in [0, 0.05) is 12.2 Å². The number of aromatic nitrogens is 2. The first kappa shape index (κ1) is 22.1. The molecule has 0 saturated heterocycles. The minimum Gasteiger partial charge on any atom is -0.325 e. The fourth-order valence-electron chi connectivity index (χ4n) is 3.36. The molecule has 1 atom stereocenters. The van der Waals surface area contributed by atoms with Gasteiger partial charge < -0.3 is 5.32 Å². The van der Waals surface area contributed by atoms with Crippen molar-refractivity contribution < 1.29 is 4.79 Å². The average molecular weight is 424 g/mol. The molecule has 158 valence electrons. The summed E-state index contributed by atoms with van der Waals surface area (Å²) in [6.07, 6.45) is 1.00. The highest BCUT2D eigenvalue weighted by Gasteiger charge is 2.15. The number of thioether (sulfide) groups is 1. The van der Waals surface area contributed by atoms with Crippen LogP contribution in [0.15, 0.2) is 58.5 Å². The molecule has 0 bridgehead atoms. The molecule has 0 spiro atoms. The van der Waals surface area contributed by atoms with Crippen molar-refractivity contribution in [1.29, 1.82) is 0 Å². The molecule has 3 aromatic rings. The number of carbonyl (C=O) groups excluding carboxylic acids is 1. The fraction of sp³-hybridized carbons (Fsp3) is 0.375. The summed E-state index contributed by atoms with van der Waals surface area (Å²) in [7, 11) is 0. The van der Waals surface area contributed by atoms with Crippen LogP contribution in [0.4, 0.5) is 5.69 Å². The van der Waals surface area contributed by atoms with E-state index in [-0.39, 0.29) is 17.2 Å². The average Bonchev–Trinajstić information content (AvgIpc) is 2.74. The van der Waals surface area contributed by atoms with Gasteiger partial charge in [0.2, 0.25) is 5.91 Å². The molecule has 0 unspecified atom stereocenters. The smallest absolute Gasteiger partial charge is 0.262 e. The summed E-state index contributed by atoms with van der Waals surface area (Å²) in [6, 6.07) is 15.3. The second-order valence-electron chi connectivity index (χ2n) is 7.95. The number of amides is 1. The molecule has 1 heterocycles. The third kappa shape index (κ3) is 5.11. The molecule has 1 N–H and O–H groups in total. The Morgan fingerprint density at radius 3 is 2.53 bits per heavy atom. The molecule has 6 heteroatoms. The molecular formula is C24H29N3O2S. The number of rotatable bonds is 8. The van der Waals surface area contributed by atoms with E-state index < -0.39 is 0 Å². The molecule has 1 amide bonds. The lowest BCUT2D eigenvalue weighted by Gasteiger charge is -2.16. The topological polar surface area (TPSA) is 64.0 Å². The van der Waals surface area contributed by atoms with E-state index in [1.165, 1.54) is 11.8 Å². The predicted octanol–water partition coefficient (Wildman–Crippen LogP) is 5.30. The van der Waals surface area contributed by atoms with Crippen molar-refractivity contribution in [2.24, 2.45) is 5.92 Å². The van der Waals surface area contributed by atoms with E-state index in [1.54, 1.807) is 10.6 Å². The highest BCUT2D eigenvalue weighted by Crippen LogP contribution is 2.27. The molecular weight excluding hydrogens is 394 g/mol. The summed E-state index contributed by atoms with van der Waals surface area (Å²) < 4.78 is 1.69. The molecule has 0 aliphatic rings. The normalized spacial score (nSPS) is 12.3. The molecule has 0 saturated carbocycles. The maximum absolute atomic E-state index is 13.0. The summed E-state index contributed by atoms with van der Waals surface area (Å²) in [6.45, 7) is 8.99. The quantitative estimate of drug-likeness (QED) is 0.395. The van der Waals surface area contributed by atoms with Crippen molar-refractivity contribution in [3.63, 3.8) is 0 Å². The van der Waals surface area contributed by atoms with Crippen LogP contribution in [0.1, 0.15) is 45.6 Å². The number of benzene rings is 2. The highest BCUT2D eigenvalue weighted by molar-refractivity contribution is 7.99. The molecule has 5 nitrogen and oxygen atoms in total. The second-order valence-corrected chi connectivity index (χ2v) is 8.90. The zero-order valence-electron chi connectivity index (χ0n) is 18.0. The number of anilines is 1. The lowest BCUT2D eigenvalue weighted by molar-refractivity contribution is -0.113. The fourth-order valence-corrected chi connectivity index (χ4v) is 4.17. The number of fused-ring (bicyclic) bond motifs is 1. The van der Waals surface area contributed by atoms with E-state index in [4.69, 9.17) is 0 Å². The molecule has 2 aromatic carbocycles. The van der Waals surface area contributed by atoms with Gasteiger partial charge in [0.1, 0.15) is 0 Å². The van der Waals surface area contributed by atoms with Crippen LogP contribution in [0.2, 0.25) is 0 Å². The van der Waals surface area contributed by atoms with Crippen LogP contribution in [0.25, 0.3) is 10.9 Å². The summed E-state index contributed by atoms with van der Waals surface area (Å²) in [4.78, 5) is 30.3. The molecule has 1 aromatic heterocycles. The Balaban J connectivity index is 1.82. The predicted molar refractivity (Wildman–Crippen MR) is 125 cm³/mol. The molecule has 3 rings (SSSR count). The maximum atomic E-state index is 13.0. The van der Waals surface area contributed by atoms with E-state index in [1.807, 2.05) is 36.4 Å². The van der Waals surface area contributed by atoms with Gasteiger partial charge in [-0.2, -0.15) is 0 Å². The van der Waals surface area contributed by atoms with Gasteiger partial charge in [-0.05, 0) is 42.0 Å². The van der Waals surface area contributed by atoms with Gasteiger partial charge in [-0.25, -0.2) is 4.98 Å². The lowest BCUT2D eigenvalue weighted by atomic mass is 9.97. The third-order valence-electron chi connectivity index (χ3n) is 5.08. The molecule has 0 aliphatic carbocycles. The van der Waals surface area contributed by atoms with Gasteiger partial charge in [-0.3, -0.25) is 14.2 Å². The zero-order valence-corrected chi connectivity index (χ0v) is 18.8. The van der Waals surface area contributed by atoms with E-state index in [9.17, 15) is 9.59 Å². The standard InChI is InChI=1S/C24H29N3O2S/c1-5-17(4)18-10-6-8-12-20(18)25-22(28)15-30-24-26-21-13-9-7-11-19(21)23(29)27(24)14-16(2)3/h6-13,16-17H,5,14-15H2,1-4H3,(H,25,28)/t17-/m0/s1. The zero-order chi connectivity index (χ0) is 21.7. The Morgan fingerprint density at radius 2 is 1.80 bits per heavy atom. The van der Waals surface area contributed by atoms with Crippen molar-refractivity contribution in [1.82, 2.24) is 9.55 Å². The largest absolute Gasteiger partial charge is 0.325 e. The van der Waals surface area contributed by atoms with Gasteiger partial charge in [0.15, 0.2) is 5.16 Å². The van der Waals surface area contributed by atoms with E-state index in [0.717, 1.165) is 17.7 Å². The van der Waals surface area contributed by atoms with E-state index in [0.29, 0.717) is 34.4 Å². The van der Waals surface area contributed by atoms with Crippen LogP contribution < -0.4 is 10.9 Å². The van der Waals surface area contributed by atoms with Crippen LogP contribution >= 0.6 is 11.8 Å². The number of para-hydroxylation sites is 2. The molecule has 0 radical (unpaired) electrons.